The average molecular weight is 415 g/mol. The molecule has 0 aliphatic heterocycles. The molecule has 0 saturated carbocycles. The zero-order valence-corrected chi connectivity index (χ0v) is 16.3. The predicted molar refractivity (Wildman–Crippen MR) is 102 cm³/mol. The molecule has 0 saturated heterocycles. The van der Waals surface area contributed by atoms with Crippen molar-refractivity contribution in [1.29, 1.82) is 0 Å². The van der Waals surface area contributed by atoms with E-state index in [0.29, 0.717) is 10.3 Å². The maximum absolute atomic E-state index is 12.5. The molecule has 0 aliphatic carbocycles. The Morgan fingerprint density at radius 1 is 1.14 bits per heavy atom. The lowest BCUT2D eigenvalue weighted by atomic mass is 10.0. The molecule has 0 aliphatic rings. The predicted octanol–water partition coefficient (Wildman–Crippen LogP) is 1.60. The minimum Gasteiger partial charge on any atom is -0.481 e. The number of carboxylic acids is 2. The van der Waals surface area contributed by atoms with Gasteiger partial charge in [-0.05, 0) is 30.0 Å². The first-order valence-electron chi connectivity index (χ1n) is 9.03. The molecule has 3 amide bonds. The lowest BCUT2D eigenvalue weighted by Gasteiger charge is -2.24. The molecular weight excluding hydrogens is 390 g/mol. The Balaban J connectivity index is 2.78. The molecule has 1 rings (SSSR count). The fourth-order valence-electron chi connectivity index (χ4n) is 2.24. The van der Waals surface area contributed by atoms with Gasteiger partial charge in [-0.3, -0.25) is 9.59 Å². The Morgan fingerprint density at radius 3 is 2.25 bits per heavy atom. The van der Waals surface area contributed by atoms with E-state index in [0.717, 1.165) is 5.56 Å². The van der Waals surface area contributed by atoms with Crippen molar-refractivity contribution in [2.75, 3.05) is 0 Å². The molecule has 28 heavy (non-hydrogen) atoms. The van der Waals surface area contributed by atoms with E-state index < -0.39 is 48.3 Å². The van der Waals surface area contributed by atoms with Crippen molar-refractivity contribution in [1.82, 2.24) is 15.9 Å². The zero-order valence-electron chi connectivity index (χ0n) is 16.5. The van der Waals surface area contributed by atoms with Gasteiger partial charge in [0, 0.05) is 18.0 Å². The van der Waals surface area contributed by atoms with Gasteiger partial charge in [0.05, 0.1) is 0 Å². The third-order valence-electron chi connectivity index (χ3n) is 3.77. The van der Waals surface area contributed by atoms with Crippen LogP contribution in [0.1, 0.15) is 32.3 Å². The normalized spacial score (nSPS) is 13.2. The monoisotopic (exact) mass is 414 g/mol. The van der Waals surface area contributed by atoms with E-state index in [1.807, 2.05) is 0 Å². The van der Waals surface area contributed by atoms with Crippen LogP contribution >= 0.6 is 11.6 Å². The summed E-state index contributed by atoms with van der Waals surface area (Å²) < 4.78 is 8.02. The summed E-state index contributed by atoms with van der Waals surface area (Å²) >= 11 is 5.80. The van der Waals surface area contributed by atoms with Gasteiger partial charge in [-0.15, -0.1) is 0 Å². The van der Waals surface area contributed by atoms with Crippen LogP contribution < -0.4 is 15.9 Å². The van der Waals surface area contributed by atoms with Crippen LogP contribution in [0, 0.1) is 5.92 Å². The second-order valence-corrected chi connectivity index (χ2v) is 6.87. The summed E-state index contributed by atoms with van der Waals surface area (Å²) in [7, 11) is 0. The Morgan fingerprint density at radius 2 is 1.75 bits per heavy atom. The van der Waals surface area contributed by atoms with Gasteiger partial charge in [0.15, 0.2) is 1.41 Å². The largest absolute Gasteiger partial charge is 0.481 e. The number of nitrogens with one attached hydrogen (secondary N) is 3. The summed E-state index contributed by atoms with van der Waals surface area (Å²) in [6.45, 7) is 3.31. The van der Waals surface area contributed by atoms with E-state index in [1.165, 1.54) is 0 Å². The van der Waals surface area contributed by atoms with Crippen LogP contribution in [-0.4, -0.2) is 46.2 Å². The van der Waals surface area contributed by atoms with Crippen molar-refractivity contribution in [3.05, 3.63) is 34.9 Å². The van der Waals surface area contributed by atoms with Crippen LogP contribution in [0.2, 0.25) is 6.43 Å². The number of amides is 3. The summed E-state index contributed by atoms with van der Waals surface area (Å²) in [4.78, 5) is 46.7. The number of carbonyl (C=O) groups excluding carboxylic acids is 2. The Labute approximate surface area is 168 Å². The van der Waals surface area contributed by atoms with Gasteiger partial charge in [-0.25, -0.2) is 9.59 Å². The van der Waals surface area contributed by atoms with Crippen molar-refractivity contribution in [2.24, 2.45) is 5.92 Å². The third kappa shape index (κ3) is 8.26. The van der Waals surface area contributed by atoms with Crippen molar-refractivity contribution in [3.63, 3.8) is 0 Å². The highest BCUT2D eigenvalue weighted by Crippen LogP contribution is 2.09. The van der Waals surface area contributed by atoms with Gasteiger partial charge in [0.1, 0.15) is 12.1 Å². The maximum atomic E-state index is 12.5. The smallest absolute Gasteiger partial charge is 0.326 e. The highest BCUT2D eigenvalue weighted by molar-refractivity contribution is 6.30. The molecule has 0 spiro atoms. The molecule has 0 radical (unpaired) electrons. The number of carbonyl (C=O) groups is 4. The molecule has 0 fully saturated rings. The number of rotatable bonds is 10. The fourth-order valence-corrected chi connectivity index (χ4v) is 2.37. The summed E-state index contributed by atoms with van der Waals surface area (Å²) in [5.41, 5.74) is 0.737. The van der Waals surface area contributed by atoms with Gasteiger partial charge < -0.3 is 26.2 Å². The standard InChI is InChI=1S/C18H24ClN3O6/c1-10(2)15(16(25)21-13(17(26)27)7-8-14(23)24)22-18(28)20-9-11-3-5-12(19)6-4-11/h3-6,10,13,15H,7-9H2,1-2H3,(H,21,25)(H,23,24)(H,26,27)(H2,20,22,28)/t13-,15-/m0/s1/i/hD. The second-order valence-electron chi connectivity index (χ2n) is 6.43. The first-order chi connectivity index (χ1) is 13.5. The molecule has 0 aromatic heterocycles. The second kappa shape index (κ2) is 11.1. The molecule has 1 aromatic carbocycles. The first-order valence-corrected chi connectivity index (χ1v) is 8.96. The number of aliphatic carboxylic acids is 2. The summed E-state index contributed by atoms with van der Waals surface area (Å²) in [5.74, 6) is -3.95. The Kier molecular flexibility index (Phi) is 8.54. The molecule has 10 heteroatoms. The summed E-state index contributed by atoms with van der Waals surface area (Å²) in [6, 6.07) is 3.14. The third-order valence-corrected chi connectivity index (χ3v) is 4.03. The summed E-state index contributed by atoms with van der Waals surface area (Å²) in [5, 5.41) is 23.6. The number of halogens is 1. The molecule has 1 aromatic rings. The van der Waals surface area contributed by atoms with Crippen molar-refractivity contribution in [3.8, 4) is 0 Å². The highest BCUT2D eigenvalue weighted by atomic mass is 35.5. The molecule has 2 atom stereocenters. The lowest BCUT2D eigenvalue weighted by molar-refractivity contribution is -0.143. The van der Waals surface area contributed by atoms with Crippen LogP contribution in [0.25, 0.3) is 0 Å². The minimum absolute atomic E-state index is 0.105. The van der Waals surface area contributed by atoms with E-state index in [9.17, 15) is 24.3 Å². The number of hydrogen-bond acceptors (Lipinski definition) is 4. The van der Waals surface area contributed by atoms with Crippen molar-refractivity contribution in [2.45, 2.75) is 45.3 Å². The van der Waals surface area contributed by atoms with E-state index in [4.69, 9.17) is 18.1 Å². The maximum Gasteiger partial charge on any atom is 0.326 e. The summed E-state index contributed by atoms with van der Waals surface area (Å²) in [6.07, 6.45) is -0.766. The van der Waals surface area contributed by atoms with Crippen LogP contribution in [0.4, 0.5) is 4.79 Å². The number of carboxylic acid groups (broad SMARTS) is 2. The molecular formula is C18H24ClN3O6. The van der Waals surface area contributed by atoms with E-state index in [-0.39, 0.29) is 13.0 Å². The van der Waals surface area contributed by atoms with E-state index >= 15 is 0 Å². The lowest BCUT2D eigenvalue weighted by Crippen LogP contribution is -2.55. The van der Waals surface area contributed by atoms with Crippen LogP contribution in [0.3, 0.4) is 0 Å². The first kappa shape index (κ1) is 21.5. The molecule has 9 nitrogen and oxygen atoms in total. The van der Waals surface area contributed by atoms with Crippen LogP contribution in [-0.2, 0) is 20.9 Å². The van der Waals surface area contributed by atoms with Gasteiger partial charge in [-0.2, -0.15) is 0 Å². The fraction of sp³-hybridized carbons (Fsp3) is 0.444. The molecule has 154 valence electrons. The van der Waals surface area contributed by atoms with E-state index in [2.05, 4.69) is 10.6 Å². The molecule has 0 heterocycles. The molecule has 5 N–H and O–H groups in total. The van der Waals surface area contributed by atoms with Gasteiger partial charge in [0.2, 0.25) is 5.91 Å². The van der Waals surface area contributed by atoms with Crippen molar-refractivity contribution < 1.29 is 30.8 Å². The van der Waals surface area contributed by atoms with Crippen molar-refractivity contribution >= 4 is 35.5 Å². The zero-order chi connectivity index (χ0) is 22.1. The minimum atomic E-state index is -1.44. The van der Waals surface area contributed by atoms with Gasteiger partial charge >= 0.3 is 18.0 Å². The highest BCUT2D eigenvalue weighted by Gasteiger charge is 2.28. The van der Waals surface area contributed by atoms with Crippen LogP contribution in [0.15, 0.2) is 24.3 Å². The SMILES string of the molecule is [2H]N(C(=O)NCc1ccc(Cl)cc1)[C@H](C(=O)N[C@@H](CCC(=O)O)C(=O)O)C(C)C. The van der Waals surface area contributed by atoms with Crippen LogP contribution in [0.5, 0.6) is 0 Å². The number of urea groups is 1. The number of hydrogen-bond donors (Lipinski definition) is 5. The topological polar surface area (TPSA) is 145 Å². The Bertz CT molecular complexity index is 744. The quantitative estimate of drug-likeness (QED) is 0.393. The van der Waals surface area contributed by atoms with Gasteiger partial charge in [0.25, 0.3) is 0 Å². The number of benzene rings is 1. The van der Waals surface area contributed by atoms with E-state index in [1.54, 1.807) is 38.1 Å². The molecule has 0 bridgehead atoms. The average Bonchev–Trinajstić information content (AvgIpc) is 2.63. The Hall–Kier alpha value is -2.81. The molecule has 0 unspecified atom stereocenters. The van der Waals surface area contributed by atoms with Gasteiger partial charge in [-0.1, -0.05) is 37.6 Å².